The minimum absolute atomic E-state index is 0.108. The molecular formula is C15H23N3O2. The average Bonchev–Trinajstić information content (AvgIpc) is 2.90. The first-order valence-electron chi connectivity index (χ1n) is 7.45. The Morgan fingerprint density at radius 3 is 2.95 bits per heavy atom. The highest BCUT2D eigenvalue weighted by atomic mass is 16.5. The van der Waals surface area contributed by atoms with Crippen molar-refractivity contribution in [3.05, 3.63) is 18.6 Å². The van der Waals surface area contributed by atoms with Crippen LogP contribution in [0.5, 0.6) is 0 Å². The van der Waals surface area contributed by atoms with Crippen LogP contribution in [0.4, 0.5) is 5.82 Å². The SMILES string of the molecule is COCCC1COC2(CCN(c3cnccn3)CC2)C1. The lowest BCUT2D eigenvalue weighted by Crippen LogP contribution is -2.44. The lowest BCUT2D eigenvalue weighted by atomic mass is 9.84. The van der Waals surface area contributed by atoms with Crippen molar-refractivity contribution < 1.29 is 9.47 Å². The summed E-state index contributed by atoms with van der Waals surface area (Å²) in [5.41, 5.74) is 0.108. The van der Waals surface area contributed by atoms with E-state index in [2.05, 4.69) is 14.9 Å². The molecule has 0 N–H and O–H groups in total. The molecule has 3 heterocycles. The number of anilines is 1. The van der Waals surface area contributed by atoms with Crippen molar-refractivity contribution in [1.82, 2.24) is 9.97 Å². The second-order valence-electron chi connectivity index (χ2n) is 5.90. The molecule has 110 valence electrons. The van der Waals surface area contributed by atoms with E-state index in [0.29, 0.717) is 5.92 Å². The molecule has 5 nitrogen and oxygen atoms in total. The van der Waals surface area contributed by atoms with E-state index in [1.807, 2.05) is 6.20 Å². The first-order valence-corrected chi connectivity index (χ1v) is 7.45. The van der Waals surface area contributed by atoms with Crippen LogP contribution in [0.1, 0.15) is 25.7 Å². The summed E-state index contributed by atoms with van der Waals surface area (Å²) in [6.07, 6.45) is 9.80. The molecule has 2 saturated heterocycles. The Balaban J connectivity index is 1.54. The van der Waals surface area contributed by atoms with E-state index in [1.165, 1.54) is 6.42 Å². The van der Waals surface area contributed by atoms with E-state index in [0.717, 1.165) is 51.4 Å². The quantitative estimate of drug-likeness (QED) is 0.841. The fourth-order valence-corrected chi connectivity index (χ4v) is 3.35. The number of hydrogen-bond donors (Lipinski definition) is 0. The molecule has 2 aliphatic rings. The molecule has 1 aromatic heterocycles. The van der Waals surface area contributed by atoms with Gasteiger partial charge in [-0.15, -0.1) is 0 Å². The molecule has 20 heavy (non-hydrogen) atoms. The molecule has 0 saturated carbocycles. The van der Waals surface area contributed by atoms with Crippen molar-refractivity contribution in [2.45, 2.75) is 31.3 Å². The standard InChI is InChI=1S/C15H23N3O2/c1-19-9-2-13-10-15(20-12-13)3-7-18(8-4-15)14-11-16-5-6-17-14/h5-6,11,13H,2-4,7-10,12H2,1H3. The maximum absolute atomic E-state index is 6.16. The Bertz CT molecular complexity index is 418. The average molecular weight is 277 g/mol. The molecule has 0 aliphatic carbocycles. The largest absolute Gasteiger partial charge is 0.385 e. The molecule has 0 aromatic carbocycles. The van der Waals surface area contributed by atoms with Gasteiger partial charge in [0.1, 0.15) is 5.82 Å². The summed E-state index contributed by atoms with van der Waals surface area (Å²) in [4.78, 5) is 10.8. The van der Waals surface area contributed by atoms with Gasteiger partial charge in [0, 0.05) is 39.2 Å². The van der Waals surface area contributed by atoms with Crippen LogP contribution in [0.3, 0.4) is 0 Å². The number of piperidine rings is 1. The van der Waals surface area contributed by atoms with Gasteiger partial charge in [0.25, 0.3) is 0 Å². The summed E-state index contributed by atoms with van der Waals surface area (Å²) < 4.78 is 11.3. The van der Waals surface area contributed by atoms with E-state index < -0.39 is 0 Å². The van der Waals surface area contributed by atoms with Gasteiger partial charge in [-0.2, -0.15) is 0 Å². The van der Waals surface area contributed by atoms with Crippen LogP contribution in [0.15, 0.2) is 18.6 Å². The third kappa shape index (κ3) is 2.94. The predicted molar refractivity (Wildman–Crippen MR) is 76.8 cm³/mol. The summed E-state index contributed by atoms with van der Waals surface area (Å²) in [6, 6.07) is 0. The summed E-state index contributed by atoms with van der Waals surface area (Å²) in [5, 5.41) is 0. The maximum Gasteiger partial charge on any atom is 0.147 e. The van der Waals surface area contributed by atoms with Gasteiger partial charge < -0.3 is 14.4 Å². The Morgan fingerprint density at radius 1 is 1.40 bits per heavy atom. The Hall–Kier alpha value is -1.20. The molecule has 1 aromatic rings. The number of nitrogens with zero attached hydrogens (tertiary/aromatic N) is 3. The fraction of sp³-hybridized carbons (Fsp3) is 0.733. The molecule has 0 bridgehead atoms. The van der Waals surface area contributed by atoms with Crippen LogP contribution in [0.25, 0.3) is 0 Å². The van der Waals surface area contributed by atoms with Crippen LogP contribution in [0, 0.1) is 5.92 Å². The topological polar surface area (TPSA) is 47.5 Å². The highest BCUT2D eigenvalue weighted by Gasteiger charge is 2.42. The zero-order valence-electron chi connectivity index (χ0n) is 12.1. The molecule has 0 radical (unpaired) electrons. The summed E-state index contributed by atoms with van der Waals surface area (Å²) >= 11 is 0. The smallest absolute Gasteiger partial charge is 0.147 e. The van der Waals surface area contributed by atoms with Gasteiger partial charge in [0.2, 0.25) is 0 Å². The third-order valence-electron chi connectivity index (χ3n) is 4.56. The van der Waals surface area contributed by atoms with Gasteiger partial charge in [-0.3, -0.25) is 4.98 Å². The molecule has 2 aliphatic heterocycles. The monoisotopic (exact) mass is 277 g/mol. The summed E-state index contributed by atoms with van der Waals surface area (Å²) in [6.45, 7) is 3.76. The number of rotatable bonds is 4. The normalized spacial score (nSPS) is 25.2. The highest BCUT2D eigenvalue weighted by molar-refractivity contribution is 5.36. The van der Waals surface area contributed by atoms with Gasteiger partial charge in [0.15, 0.2) is 0 Å². The Kier molecular flexibility index (Phi) is 4.17. The van der Waals surface area contributed by atoms with Crippen molar-refractivity contribution in [2.24, 2.45) is 5.92 Å². The summed E-state index contributed by atoms with van der Waals surface area (Å²) in [5.74, 6) is 1.65. The van der Waals surface area contributed by atoms with Crippen LogP contribution < -0.4 is 4.90 Å². The lowest BCUT2D eigenvalue weighted by molar-refractivity contribution is -0.0155. The Morgan fingerprint density at radius 2 is 2.25 bits per heavy atom. The van der Waals surface area contributed by atoms with E-state index in [1.54, 1.807) is 19.5 Å². The zero-order valence-corrected chi connectivity index (χ0v) is 12.1. The second-order valence-corrected chi connectivity index (χ2v) is 5.90. The molecule has 0 amide bonds. The minimum atomic E-state index is 0.108. The zero-order chi connectivity index (χ0) is 13.8. The van der Waals surface area contributed by atoms with Crippen molar-refractivity contribution in [2.75, 3.05) is 38.3 Å². The molecular weight excluding hydrogens is 254 g/mol. The van der Waals surface area contributed by atoms with Crippen LogP contribution in [-0.4, -0.2) is 49.0 Å². The first kappa shape index (κ1) is 13.8. The highest BCUT2D eigenvalue weighted by Crippen LogP contribution is 2.40. The number of methoxy groups -OCH3 is 1. The van der Waals surface area contributed by atoms with Crippen molar-refractivity contribution in [3.63, 3.8) is 0 Å². The van der Waals surface area contributed by atoms with Gasteiger partial charge in [-0.05, 0) is 31.6 Å². The van der Waals surface area contributed by atoms with E-state index in [-0.39, 0.29) is 5.60 Å². The predicted octanol–water partition coefficient (Wildman–Crippen LogP) is 1.89. The third-order valence-corrected chi connectivity index (χ3v) is 4.56. The molecule has 1 spiro atoms. The molecule has 5 heteroatoms. The molecule has 1 atom stereocenters. The van der Waals surface area contributed by atoms with Gasteiger partial charge in [0.05, 0.1) is 18.4 Å². The van der Waals surface area contributed by atoms with E-state index >= 15 is 0 Å². The molecule has 3 rings (SSSR count). The number of hydrogen-bond acceptors (Lipinski definition) is 5. The van der Waals surface area contributed by atoms with Gasteiger partial charge in [-0.25, -0.2) is 4.98 Å². The van der Waals surface area contributed by atoms with Crippen molar-refractivity contribution in [1.29, 1.82) is 0 Å². The van der Waals surface area contributed by atoms with Crippen LogP contribution in [-0.2, 0) is 9.47 Å². The summed E-state index contributed by atoms with van der Waals surface area (Å²) in [7, 11) is 1.77. The molecule has 1 unspecified atom stereocenters. The second kappa shape index (κ2) is 6.06. The first-order chi connectivity index (χ1) is 9.81. The number of aromatic nitrogens is 2. The van der Waals surface area contributed by atoms with Crippen LogP contribution >= 0.6 is 0 Å². The van der Waals surface area contributed by atoms with Gasteiger partial charge in [-0.1, -0.05) is 0 Å². The lowest BCUT2D eigenvalue weighted by Gasteiger charge is -2.39. The van der Waals surface area contributed by atoms with Crippen molar-refractivity contribution >= 4 is 5.82 Å². The fourth-order valence-electron chi connectivity index (χ4n) is 3.35. The number of ether oxygens (including phenoxy) is 2. The van der Waals surface area contributed by atoms with E-state index in [4.69, 9.17) is 9.47 Å². The van der Waals surface area contributed by atoms with Gasteiger partial charge >= 0.3 is 0 Å². The van der Waals surface area contributed by atoms with Crippen LogP contribution in [0.2, 0.25) is 0 Å². The Labute approximate surface area is 120 Å². The van der Waals surface area contributed by atoms with E-state index in [9.17, 15) is 0 Å². The minimum Gasteiger partial charge on any atom is -0.385 e. The van der Waals surface area contributed by atoms with Crippen molar-refractivity contribution in [3.8, 4) is 0 Å². The molecule has 2 fully saturated rings. The maximum atomic E-state index is 6.16.